The van der Waals surface area contributed by atoms with Gasteiger partial charge in [0.25, 0.3) is 0 Å². The topological polar surface area (TPSA) is 26.3 Å². The van der Waals surface area contributed by atoms with Crippen LogP contribution in [-0.4, -0.2) is 12.6 Å². The van der Waals surface area contributed by atoms with Crippen LogP contribution >= 0.6 is 56.8 Å². The largest absolute Gasteiger partial charge is 0.462 e. The Kier molecular flexibility index (Phi) is 4.92. The molecule has 0 aromatic heterocycles. The highest BCUT2D eigenvalue weighted by atomic mass is 127. The van der Waals surface area contributed by atoms with E-state index in [1.165, 1.54) is 0 Å². The Morgan fingerprint density at radius 1 is 1.43 bits per heavy atom. The molecule has 0 unspecified atom stereocenters. The fourth-order valence-electron chi connectivity index (χ4n) is 0.888. The lowest BCUT2D eigenvalue weighted by atomic mass is 10.2. The molecule has 0 saturated heterocycles. The lowest BCUT2D eigenvalue weighted by Gasteiger charge is -2.05. The molecule has 76 valence electrons. The summed E-state index contributed by atoms with van der Waals surface area (Å²) in [7, 11) is 0. The van der Waals surface area contributed by atoms with Gasteiger partial charge in [0.1, 0.15) is 0 Å². The van der Waals surface area contributed by atoms with Crippen molar-refractivity contribution in [2.75, 3.05) is 6.61 Å². The molecule has 0 N–H and O–H groups in total. The van der Waals surface area contributed by atoms with E-state index in [9.17, 15) is 4.79 Å². The van der Waals surface area contributed by atoms with Crippen LogP contribution < -0.4 is 0 Å². The molecular weight excluding hydrogens is 429 g/mol. The Bertz CT molecular complexity index is 343. The number of hydrogen-bond acceptors (Lipinski definition) is 2. The summed E-state index contributed by atoms with van der Waals surface area (Å²) in [6.45, 7) is 2.17. The molecular formula is C9H7ClI2O2. The number of carbonyl (C=O) groups excluding carboxylic acids is 1. The summed E-state index contributed by atoms with van der Waals surface area (Å²) in [6.07, 6.45) is 0. The van der Waals surface area contributed by atoms with Crippen molar-refractivity contribution in [3.05, 3.63) is 29.9 Å². The zero-order valence-corrected chi connectivity index (χ0v) is 12.4. The number of rotatable bonds is 2. The smallest absolute Gasteiger partial charge is 0.338 e. The zero-order valence-electron chi connectivity index (χ0n) is 7.31. The second kappa shape index (κ2) is 5.50. The second-order valence-electron chi connectivity index (χ2n) is 2.47. The molecule has 0 fully saturated rings. The first kappa shape index (κ1) is 12.5. The van der Waals surface area contributed by atoms with Gasteiger partial charge in [0, 0.05) is 7.14 Å². The third kappa shape index (κ3) is 2.96. The molecule has 0 amide bonds. The minimum absolute atomic E-state index is 0.306. The third-order valence-electron chi connectivity index (χ3n) is 1.49. The van der Waals surface area contributed by atoms with E-state index in [0.29, 0.717) is 17.2 Å². The van der Waals surface area contributed by atoms with Crippen LogP contribution in [-0.2, 0) is 4.74 Å². The second-order valence-corrected chi connectivity index (χ2v) is 5.18. The lowest BCUT2D eigenvalue weighted by Crippen LogP contribution is -2.05. The monoisotopic (exact) mass is 436 g/mol. The summed E-state index contributed by atoms with van der Waals surface area (Å²) >= 11 is 10.1. The number of benzene rings is 1. The minimum Gasteiger partial charge on any atom is -0.462 e. The predicted molar refractivity (Wildman–Crippen MR) is 72.8 cm³/mol. The Balaban J connectivity index is 3.06. The van der Waals surface area contributed by atoms with Crippen LogP contribution in [0.5, 0.6) is 0 Å². The SMILES string of the molecule is CCOC(=O)c1cc(I)c(Cl)c(I)c1. The maximum absolute atomic E-state index is 11.4. The Morgan fingerprint density at radius 3 is 2.36 bits per heavy atom. The highest BCUT2D eigenvalue weighted by Crippen LogP contribution is 2.26. The average Bonchev–Trinajstić information content (AvgIpc) is 2.13. The molecule has 0 aliphatic heterocycles. The highest BCUT2D eigenvalue weighted by Gasteiger charge is 2.11. The Hall–Kier alpha value is 0.440. The van der Waals surface area contributed by atoms with E-state index in [1.54, 1.807) is 19.1 Å². The van der Waals surface area contributed by atoms with E-state index in [0.717, 1.165) is 7.14 Å². The van der Waals surface area contributed by atoms with Gasteiger partial charge in [-0.05, 0) is 64.2 Å². The lowest BCUT2D eigenvalue weighted by molar-refractivity contribution is 0.0526. The van der Waals surface area contributed by atoms with Gasteiger partial charge in [-0.15, -0.1) is 0 Å². The van der Waals surface area contributed by atoms with E-state index in [-0.39, 0.29) is 5.97 Å². The number of esters is 1. The average molecular weight is 436 g/mol. The van der Waals surface area contributed by atoms with Crippen LogP contribution in [0.1, 0.15) is 17.3 Å². The molecule has 0 saturated carbocycles. The number of hydrogen-bond donors (Lipinski definition) is 0. The molecule has 1 rings (SSSR count). The number of carbonyl (C=O) groups is 1. The van der Waals surface area contributed by atoms with Gasteiger partial charge < -0.3 is 4.74 Å². The van der Waals surface area contributed by atoms with E-state index in [4.69, 9.17) is 16.3 Å². The van der Waals surface area contributed by atoms with Crippen molar-refractivity contribution >= 4 is 62.8 Å². The first-order valence-electron chi connectivity index (χ1n) is 3.88. The molecule has 0 aliphatic rings. The zero-order chi connectivity index (χ0) is 10.7. The molecule has 0 atom stereocenters. The van der Waals surface area contributed by atoms with Crippen molar-refractivity contribution in [3.8, 4) is 0 Å². The quantitative estimate of drug-likeness (QED) is 0.401. The van der Waals surface area contributed by atoms with E-state index >= 15 is 0 Å². The highest BCUT2D eigenvalue weighted by molar-refractivity contribution is 14.1. The van der Waals surface area contributed by atoms with Crippen molar-refractivity contribution < 1.29 is 9.53 Å². The summed E-state index contributed by atoms with van der Waals surface area (Å²) in [4.78, 5) is 11.4. The molecule has 14 heavy (non-hydrogen) atoms. The standard InChI is InChI=1S/C9H7ClI2O2/c1-2-14-9(13)5-3-6(11)8(10)7(12)4-5/h3-4H,2H2,1H3. The van der Waals surface area contributed by atoms with Crippen molar-refractivity contribution in [2.45, 2.75) is 6.92 Å². The van der Waals surface area contributed by atoms with Gasteiger partial charge >= 0.3 is 5.97 Å². The van der Waals surface area contributed by atoms with E-state index in [2.05, 4.69) is 45.2 Å². The Labute approximate surface area is 115 Å². The normalized spacial score (nSPS) is 10.0. The maximum Gasteiger partial charge on any atom is 0.338 e. The predicted octanol–water partition coefficient (Wildman–Crippen LogP) is 3.73. The maximum atomic E-state index is 11.4. The molecule has 5 heteroatoms. The van der Waals surface area contributed by atoms with Crippen molar-refractivity contribution in [3.63, 3.8) is 0 Å². The van der Waals surface area contributed by atoms with Crippen LogP contribution in [0.4, 0.5) is 0 Å². The van der Waals surface area contributed by atoms with Gasteiger partial charge in [0.15, 0.2) is 0 Å². The number of halogens is 3. The molecule has 0 bridgehead atoms. The van der Waals surface area contributed by atoms with E-state index < -0.39 is 0 Å². The van der Waals surface area contributed by atoms with Gasteiger partial charge in [0.05, 0.1) is 17.2 Å². The van der Waals surface area contributed by atoms with Crippen molar-refractivity contribution in [1.29, 1.82) is 0 Å². The Morgan fingerprint density at radius 2 is 1.93 bits per heavy atom. The summed E-state index contributed by atoms with van der Waals surface area (Å²) in [6, 6.07) is 3.45. The molecule has 1 aromatic carbocycles. The molecule has 0 aliphatic carbocycles. The van der Waals surface area contributed by atoms with Crippen molar-refractivity contribution in [1.82, 2.24) is 0 Å². The number of ether oxygens (including phenoxy) is 1. The molecule has 1 aromatic rings. The summed E-state index contributed by atoms with van der Waals surface area (Å²) in [5.74, 6) is -0.306. The molecule has 0 radical (unpaired) electrons. The fraction of sp³-hybridized carbons (Fsp3) is 0.222. The molecule has 0 heterocycles. The van der Waals surface area contributed by atoms with E-state index in [1.807, 2.05) is 0 Å². The third-order valence-corrected chi connectivity index (χ3v) is 4.24. The van der Waals surface area contributed by atoms with Gasteiger partial charge in [-0.3, -0.25) is 0 Å². The van der Waals surface area contributed by atoms with Crippen LogP contribution in [0.2, 0.25) is 5.02 Å². The molecule has 2 nitrogen and oxygen atoms in total. The summed E-state index contributed by atoms with van der Waals surface area (Å²) < 4.78 is 6.61. The summed E-state index contributed by atoms with van der Waals surface area (Å²) in [5, 5.41) is 0.680. The fourth-order valence-corrected chi connectivity index (χ4v) is 2.77. The van der Waals surface area contributed by atoms with Gasteiger partial charge in [-0.25, -0.2) is 4.79 Å². The van der Waals surface area contributed by atoms with Crippen LogP contribution in [0, 0.1) is 7.14 Å². The van der Waals surface area contributed by atoms with Gasteiger partial charge in [-0.1, -0.05) is 11.6 Å². The molecule has 0 spiro atoms. The van der Waals surface area contributed by atoms with Gasteiger partial charge in [0.2, 0.25) is 0 Å². The van der Waals surface area contributed by atoms with Crippen LogP contribution in [0.15, 0.2) is 12.1 Å². The first-order chi connectivity index (χ1) is 6.56. The van der Waals surface area contributed by atoms with Crippen molar-refractivity contribution in [2.24, 2.45) is 0 Å². The minimum atomic E-state index is -0.306. The van der Waals surface area contributed by atoms with Crippen LogP contribution in [0.3, 0.4) is 0 Å². The van der Waals surface area contributed by atoms with Gasteiger partial charge in [-0.2, -0.15) is 0 Å². The first-order valence-corrected chi connectivity index (χ1v) is 6.41. The summed E-state index contributed by atoms with van der Waals surface area (Å²) in [5.41, 5.74) is 0.546. The van der Waals surface area contributed by atoms with Crippen LogP contribution in [0.25, 0.3) is 0 Å².